The first kappa shape index (κ1) is 21.9. The third kappa shape index (κ3) is 4.37. The number of hydrogen-bond acceptors (Lipinski definition) is 5. The van der Waals surface area contributed by atoms with Crippen LogP contribution in [0.2, 0.25) is 0 Å². The van der Waals surface area contributed by atoms with Crippen molar-refractivity contribution in [3.8, 4) is 0 Å². The molecule has 1 aromatic rings. The first-order chi connectivity index (χ1) is 12.0. The Hall–Kier alpha value is -1.40. The van der Waals surface area contributed by atoms with Crippen LogP contribution in [0.15, 0.2) is 29.2 Å². The summed E-state index contributed by atoms with van der Waals surface area (Å²) in [5.41, 5.74) is -0.694. The predicted molar refractivity (Wildman–Crippen MR) is 91.3 cm³/mol. The van der Waals surface area contributed by atoms with Crippen LogP contribution < -0.4 is 10.3 Å². The molecule has 1 atom stereocenters. The molecule has 3 aliphatic heterocycles. The number of carbonyl (C=O) groups is 1. The quantitative estimate of drug-likeness (QED) is 0.617. The lowest BCUT2D eigenvalue weighted by Crippen LogP contribution is -2.67. The maximum atomic E-state index is 12.5. The number of alkyl halides is 3. The van der Waals surface area contributed by atoms with E-state index in [4.69, 9.17) is 0 Å². The van der Waals surface area contributed by atoms with Crippen molar-refractivity contribution in [2.75, 3.05) is 19.6 Å². The fourth-order valence-electron chi connectivity index (χ4n) is 3.40. The zero-order valence-corrected chi connectivity index (χ0v) is 15.6. The average Bonchev–Trinajstić information content (AvgIpc) is 2.60. The van der Waals surface area contributed by atoms with Gasteiger partial charge in [-0.2, -0.15) is 13.2 Å². The van der Waals surface area contributed by atoms with Crippen molar-refractivity contribution in [1.82, 2.24) is 15.2 Å². The molecule has 7 nitrogen and oxygen atoms in total. The number of carbonyl (C=O) groups excluding carboxylic acids is 1. The van der Waals surface area contributed by atoms with Crippen LogP contribution >= 0.6 is 12.4 Å². The summed E-state index contributed by atoms with van der Waals surface area (Å²) in [7, 11) is -4.27. The van der Waals surface area contributed by atoms with Crippen LogP contribution in [0.3, 0.4) is 0 Å². The van der Waals surface area contributed by atoms with Crippen molar-refractivity contribution in [3.63, 3.8) is 0 Å². The number of halogens is 4. The monoisotopic (exact) mass is 429 g/mol. The van der Waals surface area contributed by atoms with Crippen molar-refractivity contribution >= 4 is 28.3 Å². The van der Waals surface area contributed by atoms with Gasteiger partial charge in [0.1, 0.15) is 0 Å². The van der Waals surface area contributed by atoms with E-state index in [0.717, 1.165) is 25.2 Å². The smallest absolute Gasteiger partial charge is 0.378 e. The summed E-state index contributed by atoms with van der Waals surface area (Å²) < 4.78 is 61.9. The minimum Gasteiger partial charge on any atom is -0.378 e. The molecule has 3 saturated heterocycles. The van der Waals surface area contributed by atoms with Crippen LogP contribution in [0.4, 0.5) is 13.2 Å². The SMILES string of the molecule is Cl.O=C(NNS(=O)(=O)c1ccc(C(F)(F)F)cc1)C1(O)CN2CCC1CC2. The van der Waals surface area contributed by atoms with E-state index in [-0.39, 0.29) is 24.9 Å². The number of hydrazine groups is 1. The Morgan fingerprint density at radius 1 is 1.19 bits per heavy atom. The van der Waals surface area contributed by atoms with Crippen LogP contribution in [-0.2, 0) is 21.0 Å². The zero-order chi connectivity index (χ0) is 19.2. The van der Waals surface area contributed by atoms with Crippen LogP contribution in [0.1, 0.15) is 18.4 Å². The van der Waals surface area contributed by atoms with E-state index >= 15 is 0 Å². The molecule has 0 radical (unpaired) electrons. The number of sulfonamides is 1. The van der Waals surface area contributed by atoms with E-state index in [2.05, 4.69) is 0 Å². The molecule has 3 heterocycles. The molecular formula is C15H19ClF3N3O4S. The van der Waals surface area contributed by atoms with Crippen LogP contribution in [0, 0.1) is 5.92 Å². The molecule has 0 spiro atoms. The number of amides is 1. The number of hydrogen-bond donors (Lipinski definition) is 3. The van der Waals surface area contributed by atoms with Crippen molar-refractivity contribution in [1.29, 1.82) is 0 Å². The van der Waals surface area contributed by atoms with Gasteiger partial charge < -0.3 is 5.11 Å². The van der Waals surface area contributed by atoms with Gasteiger partial charge in [-0.3, -0.25) is 15.1 Å². The van der Waals surface area contributed by atoms with Gasteiger partial charge in [0.05, 0.1) is 10.5 Å². The molecule has 152 valence electrons. The van der Waals surface area contributed by atoms with Gasteiger partial charge in [-0.15, -0.1) is 17.2 Å². The minimum atomic E-state index is -4.58. The second-order valence-corrected chi connectivity index (χ2v) is 8.24. The first-order valence-electron chi connectivity index (χ1n) is 7.97. The van der Waals surface area contributed by atoms with Crippen LogP contribution in [0.5, 0.6) is 0 Å². The number of aliphatic hydroxyl groups is 1. The maximum Gasteiger partial charge on any atom is 0.416 e. The molecule has 27 heavy (non-hydrogen) atoms. The first-order valence-corrected chi connectivity index (χ1v) is 9.45. The summed E-state index contributed by atoms with van der Waals surface area (Å²) >= 11 is 0. The summed E-state index contributed by atoms with van der Waals surface area (Å²) in [6, 6.07) is 2.86. The van der Waals surface area contributed by atoms with Gasteiger partial charge >= 0.3 is 6.18 Å². The molecule has 4 rings (SSSR count). The summed E-state index contributed by atoms with van der Waals surface area (Å²) in [6.07, 6.45) is -3.31. The van der Waals surface area contributed by atoms with Crippen LogP contribution in [-0.4, -0.2) is 49.6 Å². The molecule has 3 fully saturated rings. The van der Waals surface area contributed by atoms with Crippen molar-refractivity contribution in [3.05, 3.63) is 29.8 Å². The summed E-state index contributed by atoms with van der Waals surface area (Å²) in [4.78, 5) is 15.6. The van der Waals surface area contributed by atoms with Gasteiger partial charge in [0.2, 0.25) is 0 Å². The highest BCUT2D eigenvalue weighted by Crippen LogP contribution is 2.35. The molecule has 0 saturated carbocycles. The summed E-state index contributed by atoms with van der Waals surface area (Å²) in [5.74, 6) is -1.13. The Kier molecular flexibility index (Phi) is 6.12. The minimum absolute atomic E-state index is 0. The van der Waals surface area contributed by atoms with Gasteiger partial charge in [0, 0.05) is 12.5 Å². The fraction of sp³-hybridized carbons (Fsp3) is 0.533. The molecular weight excluding hydrogens is 411 g/mol. The van der Waals surface area contributed by atoms with E-state index in [0.29, 0.717) is 25.0 Å². The third-order valence-corrected chi connectivity index (χ3v) is 6.18. The van der Waals surface area contributed by atoms with Crippen molar-refractivity contribution < 1.29 is 31.5 Å². The van der Waals surface area contributed by atoms with Crippen LogP contribution in [0.25, 0.3) is 0 Å². The second kappa shape index (κ2) is 7.55. The van der Waals surface area contributed by atoms with Gasteiger partial charge in [-0.1, -0.05) is 0 Å². The van der Waals surface area contributed by atoms with E-state index in [9.17, 15) is 31.5 Å². The molecule has 3 aliphatic rings. The maximum absolute atomic E-state index is 12.5. The van der Waals surface area contributed by atoms with Gasteiger partial charge in [-0.05, 0) is 50.2 Å². The number of rotatable bonds is 4. The highest BCUT2D eigenvalue weighted by atomic mass is 35.5. The Morgan fingerprint density at radius 2 is 1.74 bits per heavy atom. The standard InChI is InChI=1S/C15H18F3N3O4S.ClH/c16-15(17,18)11-1-3-12(4-2-11)26(24,25)20-19-13(22)14(23)9-21-7-5-10(14)6-8-21;/h1-4,10,20,23H,5-9H2,(H,19,22);1H. The predicted octanol–water partition coefficient (Wildman–Crippen LogP) is 0.893. The lowest BCUT2D eigenvalue weighted by Gasteiger charge is -2.48. The molecule has 1 unspecified atom stereocenters. The zero-order valence-electron chi connectivity index (χ0n) is 14.0. The summed E-state index contributed by atoms with van der Waals surface area (Å²) in [5, 5.41) is 10.6. The van der Waals surface area contributed by atoms with E-state index in [1.165, 1.54) is 0 Å². The van der Waals surface area contributed by atoms with Gasteiger partial charge in [0.25, 0.3) is 15.9 Å². The van der Waals surface area contributed by atoms with Gasteiger partial charge in [-0.25, -0.2) is 8.42 Å². The molecule has 3 N–H and O–H groups in total. The third-order valence-electron chi connectivity index (χ3n) is 4.91. The number of fused-ring (bicyclic) bond motifs is 3. The molecule has 1 amide bonds. The average molecular weight is 430 g/mol. The molecule has 0 aliphatic carbocycles. The highest BCUT2D eigenvalue weighted by Gasteiger charge is 2.50. The highest BCUT2D eigenvalue weighted by molar-refractivity contribution is 7.89. The largest absolute Gasteiger partial charge is 0.416 e. The summed E-state index contributed by atoms with van der Waals surface area (Å²) in [6.45, 7) is 1.67. The molecule has 2 bridgehead atoms. The Balaban J connectivity index is 0.00000261. The lowest BCUT2D eigenvalue weighted by atomic mass is 9.75. The number of nitrogens with one attached hydrogen (secondary N) is 2. The second-order valence-electron chi connectivity index (χ2n) is 6.56. The Morgan fingerprint density at radius 3 is 2.19 bits per heavy atom. The fourth-order valence-corrected chi connectivity index (χ4v) is 4.24. The van der Waals surface area contributed by atoms with Crippen molar-refractivity contribution in [2.45, 2.75) is 29.5 Å². The number of benzene rings is 1. The van der Waals surface area contributed by atoms with Gasteiger partial charge in [0.15, 0.2) is 5.60 Å². The normalized spacial score (nSPS) is 27.7. The molecule has 12 heteroatoms. The van der Waals surface area contributed by atoms with E-state index in [1.807, 2.05) is 15.2 Å². The number of nitrogens with zero attached hydrogens (tertiary/aromatic N) is 1. The Labute approximate surface area is 160 Å². The van der Waals surface area contributed by atoms with E-state index < -0.39 is 38.2 Å². The topological polar surface area (TPSA) is 98.7 Å². The molecule has 0 aromatic heterocycles. The van der Waals surface area contributed by atoms with Crippen molar-refractivity contribution in [2.24, 2.45) is 5.92 Å². The number of piperidine rings is 3. The van der Waals surface area contributed by atoms with E-state index in [1.54, 1.807) is 0 Å². The lowest BCUT2D eigenvalue weighted by molar-refractivity contribution is -0.162. The Bertz CT molecular complexity index is 796. The molecule has 1 aromatic carbocycles.